The van der Waals surface area contributed by atoms with Crippen LogP contribution in [0.15, 0.2) is 23.5 Å². The minimum Gasteiger partial charge on any atom is -0.406 e. The number of hydrogen-bond donors (Lipinski definition) is 0. The third kappa shape index (κ3) is 5.33. The van der Waals surface area contributed by atoms with Crippen molar-refractivity contribution in [2.75, 3.05) is 0 Å². The van der Waals surface area contributed by atoms with Crippen molar-refractivity contribution in [1.29, 1.82) is 0 Å². The third-order valence-electron chi connectivity index (χ3n) is 1.39. The number of halogens is 3. The molecule has 0 amide bonds. The Morgan fingerprint density at radius 3 is 2.23 bits per heavy atom. The standard InChI is InChI=1S/C9H13F3O/c1-4-6-7(3)8(5-2)13-9(10,11)12/h5-6H,4H2,1-3H3/b7-6-,8-5+. The lowest BCUT2D eigenvalue weighted by Gasteiger charge is -2.12. The quantitative estimate of drug-likeness (QED) is 0.490. The van der Waals surface area contributed by atoms with Gasteiger partial charge >= 0.3 is 6.36 Å². The molecule has 0 fully saturated rings. The predicted octanol–water partition coefficient (Wildman–Crippen LogP) is 3.78. The Labute approximate surface area is 75.9 Å². The van der Waals surface area contributed by atoms with Gasteiger partial charge in [0.05, 0.1) is 0 Å². The molecule has 0 aliphatic rings. The molecule has 0 saturated carbocycles. The third-order valence-corrected chi connectivity index (χ3v) is 1.39. The summed E-state index contributed by atoms with van der Waals surface area (Å²) >= 11 is 0. The summed E-state index contributed by atoms with van der Waals surface area (Å²) in [6.07, 6.45) is -0.939. The summed E-state index contributed by atoms with van der Waals surface area (Å²) in [4.78, 5) is 0. The van der Waals surface area contributed by atoms with Crippen LogP contribution in [0.25, 0.3) is 0 Å². The number of rotatable bonds is 3. The number of hydrogen-bond acceptors (Lipinski definition) is 1. The second-order valence-corrected chi connectivity index (χ2v) is 2.50. The fourth-order valence-electron chi connectivity index (χ4n) is 0.899. The highest BCUT2D eigenvalue weighted by Gasteiger charge is 2.32. The van der Waals surface area contributed by atoms with Gasteiger partial charge in [-0.1, -0.05) is 13.0 Å². The van der Waals surface area contributed by atoms with Crippen molar-refractivity contribution < 1.29 is 17.9 Å². The van der Waals surface area contributed by atoms with E-state index in [9.17, 15) is 13.2 Å². The summed E-state index contributed by atoms with van der Waals surface area (Å²) in [5.74, 6) is -0.130. The molecule has 0 atom stereocenters. The topological polar surface area (TPSA) is 9.23 Å². The van der Waals surface area contributed by atoms with Gasteiger partial charge in [-0.25, -0.2) is 0 Å². The van der Waals surface area contributed by atoms with E-state index in [1.807, 2.05) is 6.92 Å². The van der Waals surface area contributed by atoms with E-state index in [4.69, 9.17) is 0 Å². The minimum absolute atomic E-state index is 0.130. The van der Waals surface area contributed by atoms with Crippen LogP contribution in [0.3, 0.4) is 0 Å². The molecule has 0 saturated heterocycles. The number of alkyl halides is 3. The van der Waals surface area contributed by atoms with Crippen molar-refractivity contribution in [3.05, 3.63) is 23.5 Å². The van der Waals surface area contributed by atoms with Gasteiger partial charge in [0.15, 0.2) is 0 Å². The molecule has 4 heteroatoms. The molecule has 0 unspecified atom stereocenters. The molecule has 76 valence electrons. The Kier molecular flexibility index (Phi) is 4.59. The van der Waals surface area contributed by atoms with Gasteiger partial charge in [-0.05, 0) is 31.9 Å². The molecule has 0 heterocycles. The summed E-state index contributed by atoms with van der Waals surface area (Å²) in [5.41, 5.74) is 0.502. The average Bonchev–Trinajstić information content (AvgIpc) is 1.99. The van der Waals surface area contributed by atoms with E-state index in [0.29, 0.717) is 12.0 Å². The molecular weight excluding hydrogens is 181 g/mol. The maximum atomic E-state index is 11.8. The van der Waals surface area contributed by atoms with E-state index >= 15 is 0 Å². The SMILES string of the molecule is C/C=C(OC(F)(F)F)\C(C)=C/CC. The highest BCUT2D eigenvalue weighted by Crippen LogP contribution is 2.24. The highest BCUT2D eigenvalue weighted by molar-refractivity contribution is 5.22. The van der Waals surface area contributed by atoms with E-state index in [0.717, 1.165) is 0 Å². The lowest BCUT2D eigenvalue weighted by molar-refractivity contribution is -0.304. The smallest absolute Gasteiger partial charge is 0.406 e. The lowest BCUT2D eigenvalue weighted by Crippen LogP contribution is -2.13. The minimum atomic E-state index is -4.61. The van der Waals surface area contributed by atoms with Gasteiger partial charge in [-0.3, -0.25) is 0 Å². The van der Waals surface area contributed by atoms with Crippen LogP contribution in [0, 0.1) is 0 Å². The molecule has 0 rings (SSSR count). The van der Waals surface area contributed by atoms with Crippen molar-refractivity contribution in [2.24, 2.45) is 0 Å². The molecular formula is C9H13F3O. The summed E-state index contributed by atoms with van der Waals surface area (Å²) in [5, 5.41) is 0. The molecule has 0 spiro atoms. The Bertz CT molecular complexity index is 213. The fraction of sp³-hybridized carbons (Fsp3) is 0.556. The van der Waals surface area contributed by atoms with Gasteiger partial charge in [0.25, 0.3) is 0 Å². The summed E-state index contributed by atoms with van der Waals surface area (Å²) in [6.45, 7) is 4.95. The molecule has 0 aromatic heterocycles. The van der Waals surface area contributed by atoms with E-state index in [1.165, 1.54) is 13.0 Å². The lowest BCUT2D eigenvalue weighted by atomic mass is 10.2. The van der Waals surface area contributed by atoms with Gasteiger partial charge in [0.2, 0.25) is 0 Å². The first-order valence-electron chi connectivity index (χ1n) is 4.00. The zero-order chi connectivity index (χ0) is 10.5. The second-order valence-electron chi connectivity index (χ2n) is 2.50. The normalized spacial score (nSPS) is 14.6. The molecule has 0 aromatic carbocycles. The van der Waals surface area contributed by atoms with E-state index in [2.05, 4.69) is 4.74 Å². The first kappa shape index (κ1) is 12.1. The van der Waals surface area contributed by atoms with Crippen LogP contribution in [0.2, 0.25) is 0 Å². The van der Waals surface area contributed by atoms with Gasteiger partial charge in [-0.2, -0.15) is 0 Å². The largest absolute Gasteiger partial charge is 0.573 e. The Hall–Kier alpha value is -0.930. The van der Waals surface area contributed by atoms with Crippen molar-refractivity contribution in [1.82, 2.24) is 0 Å². The Morgan fingerprint density at radius 2 is 1.92 bits per heavy atom. The van der Waals surface area contributed by atoms with E-state index in [1.54, 1.807) is 13.0 Å². The van der Waals surface area contributed by atoms with Gasteiger partial charge in [0, 0.05) is 0 Å². The molecule has 0 aliphatic carbocycles. The predicted molar refractivity (Wildman–Crippen MR) is 44.9 cm³/mol. The highest BCUT2D eigenvalue weighted by atomic mass is 19.4. The van der Waals surface area contributed by atoms with Crippen molar-refractivity contribution in [2.45, 2.75) is 33.6 Å². The first-order chi connectivity index (χ1) is 5.90. The Morgan fingerprint density at radius 1 is 1.38 bits per heavy atom. The molecule has 0 bridgehead atoms. The zero-order valence-electron chi connectivity index (χ0n) is 7.90. The van der Waals surface area contributed by atoms with Crippen LogP contribution in [0.5, 0.6) is 0 Å². The second kappa shape index (κ2) is 4.94. The van der Waals surface area contributed by atoms with Crippen LogP contribution in [-0.2, 0) is 4.74 Å². The molecule has 0 aromatic rings. The maximum Gasteiger partial charge on any atom is 0.573 e. The summed E-state index contributed by atoms with van der Waals surface area (Å²) in [6, 6.07) is 0. The Balaban J connectivity index is 4.47. The van der Waals surface area contributed by atoms with E-state index in [-0.39, 0.29) is 5.76 Å². The fourth-order valence-corrected chi connectivity index (χ4v) is 0.899. The number of ether oxygens (including phenoxy) is 1. The summed E-state index contributed by atoms with van der Waals surface area (Å²) in [7, 11) is 0. The monoisotopic (exact) mass is 194 g/mol. The molecule has 1 nitrogen and oxygen atoms in total. The zero-order valence-corrected chi connectivity index (χ0v) is 7.90. The van der Waals surface area contributed by atoms with Crippen LogP contribution in [-0.4, -0.2) is 6.36 Å². The maximum absolute atomic E-state index is 11.8. The van der Waals surface area contributed by atoms with Crippen molar-refractivity contribution in [3.63, 3.8) is 0 Å². The van der Waals surface area contributed by atoms with E-state index < -0.39 is 6.36 Å². The van der Waals surface area contributed by atoms with Crippen molar-refractivity contribution >= 4 is 0 Å². The van der Waals surface area contributed by atoms with Crippen LogP contribution in [0.4, 0.5) is 13.2 Å². The van der Waals surface area contributed by atoms with Crippen LogP contribution in [0.1, 0.15) is 27.2 Å². The molecule has 13 heavy (non-hydrogen) atoms. The van der Waals surface area contributed by atoms with Crippen LogP contribution < -0.4 is 0 Å². The van der Waals surface area contributed by atoms with Gasteiger partial charge in [-0.15, -0.1) is 13.2 Å². The van der Waals surface area contributed by atoms with Gasteiger partial charge in [0.1, 0.15) is 5.76 Å². The first-order valence-corrected chi connectivity index (χ1v) is 4.00. The molecule has 0 radical (unpaired) electrons. The average molecular weight is 194 g/mol. The summed E-state index contributed by atoms with van der Waals surface area (Å²) < 4.78 is 39.2. The molecule has 0 aliphatic heterocycles. The van der Waals surface area contributed by atoms with Crippen LogP contribution >= 0.6 is 0 Å². The number of allylic oxidation sites excluding steroid dienone is 3. The molecule has 0 N–H and O–H groups in total. The van der Waals surface area contributed by atoms with Crippen molar-refractivity contribution in [3.8, 4) is 0 Å². The van der Waals surface area contributed by atoms with Gasteiger partial charge < -0.3 is 4.74 Å².